The molecule has 0 radical (unpaired) electrons. The molecule has 2 fully saturated rings. The summed E-state index contributed by atoms with van der Waals surface area (Å²) in [7, 11) is 0. The first kappa shape index (κ1) is 10.2. The van der Waals surface area contributed by atoms with Crippen molar-refractivity contribution in [1.82, 2.24) is 10.1 Å². The van der Waals surface area contributed by atoms with E-state index in [9.17, 15) is 0 Å². The summed E-state index contributed by atoms with van der Waals surface area (Å²) >= 11 is 0. The summed E-state index contributed by atoms with van der Waals surface area (Å²) in [4.78, 5) is 4.44. The van der Waals surface area contributed by atoms with Gasteiger partial charge in [-0.1, -0.05) is 11.6 Å². The first-order valence-corrected chi connectivity index (χ1v) is 6.06. The molecule has 1 aliphatic carbocycles. The van der Waals surface area contributed by atoms with Gasteiger partial charge in [0, 0.05) is 12.5 Å². The van der Waals surface area contributed by atoms with Crippen molar-refractivity contribution in [2.45, 2.75) is 50.2 Å². The summed E-state index contributed by atoms with van der Waals surface area (Å²) < 4.78 is 11.0. The van der Waals surface area contributed by atoms with Gasteiger partial charge in [-0.05, 0) is 25.7 Å². The standard InChI is InChI=1S/C11H17N3O2/c12-6-8-4-5-9(15-8)10-13-11(16-14-10)7-2-1-3-7/h7-9H,1-6,12H2. The highest BCUT2D eigenvalue weighted by Gasteiger charge is 2.31. The van der Waals surface area contributed by atoms with Crippen LogP contribution in [0.3, 0.4) is 0 Å². The SMILES string of the molecule is NCC1CCC(c2noc(C3CCC3)n2)O1. The van der Waals surface area contributed by atoms with Gasteiger partial charge in [-0.25, -0.2) is 0 Å². The van der Waals surface area contributed by atoms with Crippen molar-refractivity contribution in [3.05, 3.63) is 11.7 Å². The van der Waals surface area contributed by atoms with Crippen molar-refractivity contribution in [3.8, 4) is 0 Å². The maximum Gasteiger partial charge on any atom is 0.229 e. The highest BCUT2D eigenvalue weighted by Crippen LogP contribution is 2.37. The van der Waals surface area contributed by atoms with Crippen LogP contribution >= 0.6 is 0 Å². The molecule has 3 rings (SSSR count). The summed E-state index contributed by atoms with van der Waals surface area (Å²) in [6.07, 6.45) is 5.73. The predicted molar refractivity (Wildman–Crippen MR) is 56.8 cm³/mol. The Balaban J connectivity index is 1.68. The average Bonchev–Trinajstić information content (AvgIpc) is 2.81. The van der Waals surface area contributed by atoms with Gasteiger partial charge in [0.05, 0.1) is 6.10 Å². The third-order valence-corrected chi connectivity index (χ3v) is 3.57. The Morgan fingerprint density at radius 3 is 2.75 bits per heavy atom. The number of hydrogen-bond acceptors (Lipinski definition) is 5. The molecule has 1 aromatic heterocycles. The molecule has 2 N–H and O–H groups in total. The average molecular weight is 223 g/mol. The van der Waals surface area contributed by atoms with Crippen LogP contribution in [0.25, 0.3) is 0 Å². The van der Waals surface area contributed by atoms with Crippen LogP contribution in [0, 0.1) is 0 Å². The molecule has 0 aromatic carbocycles. The lowest BCUT2D eigenvalue weighted by Gasteiger charge is -2.20. The minimum Gasteiger partial charge on any atom is -0.366 e. The number of rotatable bonds is 3. The second kappa shape index (κ2) is 4.14. The highest BCUT2D eigenvalue weighted by atomic mass is 16.5. The predicted octanol–water partition coefficient (Wildman–Crippen LogP) is 1.52. The normalized spacial score (nSPS) is 30.6. The number of ether oxygens (including phenoxy) is 1. The van der Waals surface area contributed by atoms with Crippen molar-refractivity contribution in [3.63, 3.8) is 0 Å². The Bertz CT molecular complexity index is 362. The van der Waals surface area contributed by atoms with Crippen LogP contribution in [0.1, 0.15) is 55.8 Å². The summed E-state index contributed by atoms with van der Waals surface area (Å²) in [5.74, 6) is 1.99. The Labute approximate surface area is 94.3 Å². The Morgan fingerprint density at radius 2 is 2.12 bits per heavy atom. The molecule has 1 saturated carbocycles. The molecule has 2 aliphatic rings. The van der Waals surface area contributed by atoms with Gasteiger partial charge in [0.1, 0.15) is 6.10 Å². The van der Waals surface area contributed by atoms with E-state index in [1.54, 1.807) is 0 Å². The largest absolute Gasteiger partial charge is 0.366 e. The number of nitrogens with zero attached hydrogens (tertiary/aromatic N) is 2. The molecular weight excluding hydrogens is 206 g/mol. The number of nitrogens with two attached hydrogens (primary N) is 1. The third kappa shape index (κ3) is 1.74. The first-order chi connectivity index (χ1) is 7.86. The maximum absolute atomic E-state index is 5.73. The quantitative estimate of drug-likeness (QED) is 0.840. The van der Waals surface area contributed by atoms with Crippen LogP contribution < -0.4 is 5.73 Å². The van der Waals surface area contributed by atoms with Crippen LogP contribution in [-0.2, 0) is 4.74 Å². The van der Waals surface area contributed by atoms with Crippen molar-refractivity contribution in [2.75, 3.05) is 6.54 Å². The molecule has 0 bridgehead atoms. The van der Waals surface area contributed by atoms with E-state index in [4.69, 9.17) is 15.0 Å². The van der Waals surface area contributed by atoms with Gasteiger partial charge in [0.15, 0.2) is 0 Å². The van der Waals surface area contributed by atoms with E-state index in [-0.39, 0.29) is 12.2 Å². The van der Waals surface area contributed by atoms with Crippen molar-refractivity contribution >= 4 is 0 Å². The van der Waals surface area contributed by atoms with E-state index in [0.29, 0.717) is 18.3 Å². The molecule has 0 spiro atoms. The lowest BCUT2D eigenvalue weighted by Crippen LogP contribution is -2.19. The second-order valence-corrected chi connectivity index (χ2v) is 4.68. The minimum absolute atomic E-state index is 0.00822. The fourth-order valence-electron chi connectivity index (χ4n) is 2.27. The molecular formula is C11H17N3O2. The van der Waals surface area contributed by atoms with Gasteiger partial charge in [0.25, 0.3) is 0 Å². The van der Waals surface area contributed by atoms with Gasteiger partial charge >= 0.3 is 0 Å². The smallest absolute Gasteiger partial charge is 0.229 e. The van der Waals surface area contributed by atoms with Crippen LogP contribution in [0.4, 0.5) is 0 Å². The zero-order chi connectivity index (χ0) is 11.0. The molecule has 88 valence electrons. The van der Waals surface area contributed by atoms with Crippen molar-refractivity contribution in [2.24, 2.45) is 5.73 Å². The lowest BCUT2D eigenvalue weighted by molar-refractivity contribution is 0.0435. The van der Waals surface area contributed by atoms with E-state index in [2.05, 4.69) is 10.1 Å². The van der Waals surface area contributed by atoms with Gasteiger partial charge in [-0.3, -0.25) is 0 Å². The Kier molecular flexibility index (Phi) is 2.65. The molecule has 1 aromatic rings. The maximum atomic E-state index is 5.73. The molecule has 0 amide bonds. The number of aromatic nitrogens is 2. The number of hydrogen-bond donors (Lipinski definition) is 1. The topological polar surface area (TPSA) is 74.2 Å². The summed E-state index contributed by atoms with van der Waals surface area (Å²) in [6, 6.07) is 0. The van der Waals surface area contributed by atoms with E-state index >= 15 is 0 Å². The van der Waals surface area contributed by atoms with Crippen molar-refractivity contribution in [1.29, 1.82) is 0 Å². The van der Waals surface area contributed by atoms with Crippen LogP contribution in [0.15, 0.2) is 4.52 Å². The zero-order valence-electron chi connectivity index (χ0n) is 9.26. The Morgan fingerprint density at radius 1 is 1.25 bits per heavy atom. The first-order valence-electron chi connectivity index (χ1n) is 6.06. The van der Waals surface area contributed by atoms with Crippen LogP contribution in [0.2, 0.25) is 0 Å². The minimum atomic E-state index is -0.00822. The van der Waals surface area contributed by atoms with E-state index in [1.165, 1.54) is 19.3 Å². The monoisotopic (exact) mass is 223 g/mol. The lowest BCUT2D eigenvalue weighted by atomic mass is 9.85. The van der Waals surface area contributed by atoms with Crippen molar-refractivity contribution < 1.29 is 9.26 Å². The van der Waals surface area contributed by atoms with Gasteiger partial charge in [0.2, 0.25) is 11.7 Å². The fraction of sp³-hybridized carbons (Fsp3) is 0.818. The van der Waals surface area contributed by atoms with E-state index in [0.717, 1.165) is 18.7 Å². The molecule has 1 aliphatic heterocycles. The molecule has 2 heterocycles. The summed E-state index contributed by atoms with van der Waals surface area (Å²) in [6.45, 7) is 0.573. The molecule has 5 heteroatoms. The van der Waals surface area contributed by atoms with Gasteiger partial charge < -0.3 is 15.0 Å². The summed E-state index contributed by atoms with van der Waals surface area (Å²) in [5, 5.41) is 4.02. The fourth-order valence-corrected chi connectivity index (χ4v) is 2.27. The molecule has 1 saturated heterocycles. The highest BCUT2D eigenvalue weighted by molar-refractivity contribution is 5.01. The molecule has 2 unspecified atom stereocenters. The van der Waals surface area contributed by atoms with Gasteiger partial charge in [-0.2, -0.15) is 4.98 Å². The zero-order valence-corrected chi connectivity index (χ0v) is 9.26. The van der Waals surface area contributed by atoms with Crippen LogP contribution in [0.5, 0.6) is 0 Å². The molecule has 16 heavy (non-hydrogen) atoms. The third-order valence-electron chi connectivity index (χ3n) is 3.57. The Hall–Kier alpha value is -0.940. The van der Waals surface area contributed by atoms with Gasteiger partial charge in [-0.15, -0.1) is 0 Å². The molecule has 2 atom stereocenters. The second-order valence-electron chi connectivity index (χ2n) is 4.68. The summed E-state index contributed by atoms with van der Waals surface area (Å²) in [5.41, 5.74) is 5.57. The van der Waals surface area contributed by atoms with E-state index < -0.39 is 0 Å². The van der Waals surface area contributed by atoms with E-state index in [1.807, 2.05) is 0 Å². The van der Waals surface area contributed by atoms with Crippen LogP contribution in [-0.4, -0.2) is 22.8 Å². The molecule has 5 nitrogen and oxygen atoms in total.